The predicted octanol–water partition coefficient (Wildman–Crippen LogP) is 3.14. The van der Waals surface area contributed by atoms with Gasteiger partial charge in [0.15, 0.2) is 11.3 Å². The summed E-state index contributed by atoms with van der Waals surface area (Å²) in [5.41, 5.74) is 0.496. The summed E-state index contributed by atoms with van der Waals surface area (Å²) >= 11 is 11.1. The summed E-state index contributed by atoms with van der Waals surface area (Å²) in [6.45, 7) is 1.96. The van der Waals surface area contributed by atoms with Crippen LogP contribution in [0.15, 0.2) is 51.0 Å². The molecule has 0 spiro atoms. The molecule has 0 bridgehead atoms. The second kappa shape index (κ2) is 7.26. The van der Waals surface area contributed by atoms with Gasteiger partial charge in [-0.25, -0.2) is 9.40 Å². The number of halogens is 3. The minimum Gasteiger partial charge on any atom is -0.298 e. The zero-order valence-corrected chi connectivity index (χ0v) is 17.2. The maximum atomic E-state index is 14.6. The van der Waals surface area contributed by atoms with Crippen molar-refractivity contribution < 1.29 is 9.18 Å². The predicted molar refractivity (Wildman–Crippen MR) is 108 cm³/mol. The van der Waals surface area contributed by atoms with Gasteiger partial charge in [-0.05, 0) is 36.1 Å². The van der Waals surface area contributed by atoms with E-state index in [1.807, 2.05) is 13.0 Å². The van der Waals surface area contributed by atoms with Gasteiger partial charge in [-0.1, -0.05) is 52.3 Å². The molecule has 1 atom stereocenters. The van der Waals surface area contributed by atoms with Crippen LogP contribution in [0.4, 0.5) is 4.39 Å². The molecule has 2 aliphatic heterocycles. The Kier molecular flexibility index (Phi) is 4.96. The number of hydrogen-bond acceptors (Lipinski definition) is 5. The zero-order chi connectivity index (χ0) is 19.1. The van der Waals surface area contributed by atoms with Gasteiger partial charge in [0.2, 0.25) is 0 Å². The first-order valence-corrected chi connectivity index (χ1v) is 10.3. The van der Waals surface area contributed by atoms with E-state index in [4.69, 9.17) is 11.6 Å². The summed E-state index contributed by atoms with van der Waals surface area (Å²) in [5, 5.41) is 10.6. The monoisotopic (exact) mass is 466 g/mol. The van der Waals surface area contributed by atoms with Crippen LogP contribution in [-0.4, -0.2) is 21.8 Å². The number of nitrogens with one attached hydrogen (secondary N) is 1. The maximum absolute atomic E-state index is 14.6. The molecule has 0 saturated heterocycles. The van der Waals surface area contributed by atoms with Gasteiger partial charge in [0.05, 0.1) is 15.9 Å². The van der Waals surface area contributed by atoms with Crippen LogP contribution in [0.3, 0.4) is 0 Å². The highest BCUT2D eigenvalue weighted by molar-refractivity contribution is 9.10. The average molecular weight is 468 g/mol. The molecule has 5 nitrogen and oxygen atoms in total. The summed E-state index contributed by atoms with van der Waals surface area (Å²) in [4.78, 5) is 17.5. The van der Waals surface area contributed by atoms with Crippen molar-refractivity contribution in [3.05, 3.63) is 67.9 Å². The third-order valence-corrected chi connectivity index (χ3v) is 5.68. The van der Waals surface area contributed by atoms with E-state index in [0.29, 0.717) is 21.4 Å². The van der Waals surface area contributed by atoms with Gasteiger partial charge in [-0.3, -0.25) is 15.1 Å². The third-order valence-electron chi connectivity index (χ3n) is 4.11. The molecule has 0 radical (unpaired) electrons. The van der Waals surface area contributed by atoms with Crippen molar-refractivity contribution in [3.63, 3.8) is 0 Å². The van der Waals surface area contributed by atoms with Crippen molar-refractivity contribution in [2.75, 3.05) is 5.75 Å². The van der Waals surface area contributed by atoms with E-state index in [9.17, 15) is 9.18 Å². The van der Waals surface area contributed by atoms with Crippen LogP contribution >= 0.6 is 39.3 Å². The van der Waals surface area contributed by atoms with Crippen molar-refractivity contribution in [2.45, 2.75) is 13.1 Å². The van der Waals surface area contributed by atoms with Crippen molar-refractivity contribution in [1.82, 2.24) is 10.3 Å². The summed E-state index contributed by atoms with van der Waals surface area (Å²) in [7, 11) is 0. The number of hydrazone groups is 1. The highest BCUT2D eigenvalue weighted by Crippen LogP contribution is 2.35. The Balaban J connectivity index is 2.02. The Labute approximate surface area is 172 Å². The molecule has 0 aliphatic carbocycles. The van der Waals surface area contributed by atoms with Gasteiger partial charge < -0.3 is 0 Å². The summed E-state index contributed by atoms with van der Waals surface area (Å²) in [5.74, 6) is -0.0816. The number of thioether (sulfide) groups is 1. The molecule has 1 N–H and O–H groups in total. The molecule has 0 unspecified atom stereocenters. The van der Waals surface area contributed by atoms with E-state index in [-0.39, 0.29) is 16.5 Å². The number of carbonyl (C=O) groups excluding carboxylic acids is 1. The van der Waals surface area contributed by atoms with Crippen LogP contribution in [-0.2, 0) is 4.79 Å². The van der Waals surface area contributed by atoms with Crippen LogP contribution in [0.5, 0.6) is 0 Å². The summed E-state index contributed by atoms with van der Waals surface area (Å²) < 4.78 is 15.4. The molecule has 2 aliphatic rings. The number of nitrogens with zero attached hydrogens (tertiary/aromatic N) is 3. The van der Waals surface area contributed by atoms with Crippen molar-refractivity contribution >= 4 is 56.1 Å². The summed E-state index contributed by atoms with van der Waals surface area (Å²) in [6.07, 6.45) is -0.874. The van der Waals surface area contributed by atoms with Gasteiger partial charge in [0, 0.05) is 9.69 Å². The Morgan fingerprint density at radius 3 is 2.93 bits per heavy atom. The lowest BCUT2D eigenvalue weighted by Crippen LogP contribution is -2.50. The Hall–Kier alpha value is -1.90. The largest absolute Gasteiger partial charge is 0.298 e. The molecule has 4 rings (SSSR count). The fourth-order valence-corrected chi connectivity index (χ4v) is 4.20. The van der Waals surface area contributed by atoms with Crippen LogP contribution in [0.2, 0.25) is 5.02 Å². The highest BCUT2D eigenvalue weighted by atomic mass is 79.9. The lowest BCUT2D eigenvalue weighted by Gasteiger charge is -2.34. The topological polar surface area (TPSA) is 57.1 Å². The summed E-state index contributed by atoms with van der Waals surface area (Å²) in [6, 6.07) is 9.85. The van der Waals surface area contributed by atoms with Gasteiger partial charge in [0.1, 0.15) is 11.5 Å². The van der Waals surface area contributed by atoms with E-state index in [2.05, 4.69) is 31.3 Å². The van der Waals surface area contributed by atoms with E-state index in [1.54, 1.807) is 18.2 Å². The molecule has 0 saturated carbocycles. The van der Waals surface area contributed by atoms with Gasteiger partial charge in [-0.15, -0.1) is 5.10 Å². The first-order chi connectivity index (χ1) is 13.0. The van der Waals surface area contributed by atoms with Crippen molar-refractivity contribution in [2.24, 2.45) is 10.1 Å². The second-order valence-corrected chi connectivity index (χ2v) is 8.36. The maximum Gasteiger partial charge on any atom is 0.276 e. The number of benzene rings is 2. The quantitative estimate of drug-likeness (QED) is 0.738. The average Bonchev–Trinajstić information content (AvgIpc) is 2.62. The first kappa shape index (κ1) is 18.5. The van der Waals surface area contributed by atoms with Gasteiger partial charge in [0.25, 0.3) is 5.91 Å². The van der Waals surface area contributed by atoms with Crippen LogP contribution < -0.4 is 15.9 Å². The Bertz CT molecular complexity index is 1090. The van der Waals surface area contributed by atoms with E-state index < -0.39 is 12.0 Å². The molecule has 9 heteroatoms. The fraction of sp³-hybridized carbons (Fsp3) is 0.167. The molecule has 2 aromatic carbocycles. The number of hydrogen-bond donors (Lipinski definition) is 1. The zero-order valence-electron chi connectivity index (χ0n) is 14.0. The SMILES string of the molecule is CCSC1=NN2C(=c3cc(Br)ccc3=N[C@@H]2c2c(F)cccc2Cl)C(=O)N1. The van der Waals surface area contributed by atoms with Gasteiger partial charge in [-0.2, -0.15) is 0 Å². The first-order valence-electron chi connectivity index (χ1n) is 8.13. The minimum atomic E-state index is -0.874. The minimum absolute atomic E-state index is 0.185. The Morgan fingerprint density at radius 1 is 1.37 bits per heavy atom. The number of rotatable bonds is 2. The van der Waals surface area contributed by atoms with E-state index in [1.165, 1.54) is 28.9 Å². The molecule has 1 amide bonds. The van der Waals surface area contributed by atoms with E-state index in [0.717, 1.165) is 10.2 Å². The third kappa shape index (κ3) is 3.26. The smallest absolute Gasteiger partial charge is 0.276 e. The molecule has 2 aromatic rings. The number of fused-ring (bicyclic) bond motifs is 2. The van der Waals surface area contributed by atoms with Gasteiger partial charge >= 0.3 is 0 Å². The highest BCUT2D eigenvalue weighted by Gasteiger charge is 2.36. The molecule has 0 aromatic heterocycles. The van der Waals surface area contributed by atoms with Crippen LogP contribution in [0.1, 0.15) is 18.7 Å². The molecular formula is C18H13BrClFN4OS. The lowest BCUT2D eigenvalue weighted by molar-refractivity contribution is -0.116. The molecule has 27 heavy (non-hydrogen) atoms. The standard InChI is InChI=1S/C18H13BrClFN4OS/c1-2-27-18-23-17(26)15-10-8-9(19)6-7-13(10)22-16(25(15)24-18)14-11(20)4-3-5-12(14)21/h3-8,16H,2H2,1H3,(H,23,24,26)/t16-/m0/s1. The molecule has 138 valence electrons. The van der Waals surface area contributed by atoms with Crippen molar-refractivity contribution in [3.8, 4) is 0 Å². The normalized spacial score (nSPS) is 18.3. The number of carbonyl (C=O) groups is 1. The lowest BCUT2D eigenvalue weighted by atomic mass is 10.1. The van der Waals surface area contributed by atoms with Crippen LogP contribution in [0, 0.1) is 5.82 Å². The molecular weight excluding hydrogens is 455 g/mol. The molecule has 2 heterocycles. The van der Waals surface area contributed by atoms with E-state index >= 15 is 0 Å². The fourth-order valence-electron chi connectivity index (χ4n) is 3.00. The molecule has 0 fully saturated rings. The van der Waals surface area contributed by atoms with Crippen molar-refractivity contribution in [1.29, 1.82) is 0 Å². The Morgan fingerprint density at radius 2 is 2.19 bits per heavy atom. The number of amidine groups is 1. The van der Waals surface area contributed by atoms with Crippen LogP contribution in [0.25, 0.3) is 5.70 Å². The second-order valence-electron chi connectivity index (χ2n) is 5.79. The number of amides is 1.